The molecule has 1 aliphatic heterocycles. The predicted molar refractivity (Wildman–Crippen MR) is 158 cm³/mol. The number of carbonyl (C=O) groups excluding carboxylic acids is 3. The molecule has 2 amide bonds. The van der Waals surface area contributed by atoms with Crippen LogP contribution in [-0.2, 0) is 17.5 Å². The first-order valence-electron chi connectivity index (χ1n) is 11.2. The zero-order chi connectivity index (χ0) is 30.7. The Morgan fingerprint density at radius 3 is 1.76 bits per heavy atom. The summed E-state index contributed by atoms with van der Waals surface area (Å²) in [5.41, 5.74) is 1.77. The summed E-state index contributed by atoms with van der Waals surface area (Å²) in [6.45, 7) is 15.6. The van der Waals surface area contributed by atoms with Gasteiger partial charge in [-0.05, 0) is 24.3 Å². The molecule has 0 atom stereocenters. The number of halogens is 4. The third kappa shape index (κ3) is 10.5. The molecule has 0 saturated carbocycles. The monoisotopic (exact) mass is 698 g/mol. The molecule has 1 heterocycles. The van der Waals surface area contributed by atoms with Gasteiger partial charge in [-0.3, -0.25) is 14.8 Å². The summed E-state index contributed by atoms with van der Waals surface area (Å²) in [7, 11) is 0. The molecule has 0 unspecified atom stereocenters. The van der Waals surface area contributed by atoms with E-state index in [1.807, 2.05) is 29.2 Å². The van der Waals surface area contributed by atoms with E-state index in [9.17, 15) is 27.6 Å². The van der Waals surface area contributed by atoms with Gasteiger partial charge in [-0.1, -0.05) is 31.7 Å². The van der Waals surface area contributed by atoms with E-state index in [2.05, 4.69) is 14.5 Å². The minimum atomic E-state index is -4.95. The third-order valence-electron chi connectivity index (χ3n) is 4.78. The van der Waals surface area contributed by atoms with Gasteiger partial charge in [-0.25, -0.2) is 9.69 Å². The van der Waals surface area contributed by atoms with E-state index in [0.717, 1.165) is 16.1 Å². The Hall–Kier alpha value is -4.51. The Labute approximate surface area is 248 Å². The number of rotatable bonds is 3. The molecule has 42 heavy (non-hydrogen) atoms. The van der Waals surface area contributed by atoms with Crippen LogP contribution in [0.15, 0.2) is 72.8 Å². The standard InChI is InChI=1S/C10H7F3N2O2.C9H8N2O2.C8H7IO2.CH4/c1-7(16)15(17-10(11,12)13)9-5-3-8(14-2)4-6-9;1-7(12)11(13)9-5-3-8(10-2)4-6-9;1-9-7-5-3-2-4-6(7)8(10)11-9;/h3-6H,1H3;3-6,13H,1H3;2-5H,1H3;1H4. The number of carbonyl (C=O) groups is 3. The van der Waals surface area contributed by atoms with Gasteiger partial charge >= 0.3 is 78.8 Å². The average molecular weight is 698 g/mol. The largest absolute Gasteiger partial charge is 0.544 e. The second-order valence-corrected chi connectivity index (χ2v) is 11.7. The van der Waals surface area contributed by atoms with E-state index >= 15 is 0 Å². The SMILES string of the molecule is C.CI1OC(=O)c2ccccc21.[C-]#[N+]c1ccc(N(O)C(C)=O)cc1.[C-]#[N+]c1ccc(N(OC(F)(F)F)C(C)=O)cc1. The third-order valence-corrected chi connectivity index (χ3v) is 8.42. The molecule has 1 N–H and O–H groups in total. The Kier molecular flexibility index (Phi) is 13.6. The number of benzene rings is 3. The molecule has 10 nitrogen and oxygen atoms in total. The molecule has 0 aliphatic carbocycles. The molecule has 3 aromatic rings. The maximum atomic E-state index is 12.0. The smallest absolute Gasteiger partial charge is 0.281 e. The molecular weight excluding hydrogens is 672 g/mol. The van der Waals surface area contributed by atoms with Gasteiger partial charge in [0.05, 0.1) is 24.5 Å². The maximum Gasteiger partial charge on any atom is 0.544 e. The van der Waals surface area contributed by atoms with Crippen molar-refractivity contribution < 1.29 is 40.7 Å². The predicted octanol–water partition coefficient (Wildman–Crippen LogP) is 7.74. The molecule has 222 valence electrons. The van der Waals surface area contributed by atoms with Gasteiger partial charge in [-0.15, -0.1) is 13.2 Å². The summed E-state index contributed by atoms with van der Waals surface area (Å²) in [5.74, 6) is -1.51. The van der Waals surface area contributed by atoms with Crippen molar-refractivity contribution in [2.45, 2.75) is 27.6 Å². The van der Waals surface area contributed by atoms with Gasteiger partial charge in [0.15, 0.2) is 11.4 Å². The van der Waals surface area contributed by atoms with Crippen molar-refractivity contribution in [3.8, 4) is 0 Å². The fraction of sp³-hybridized carbons (Fsp3) is 0.179. The van der Waals surface area contributed by atoms with Gasteiger partial charge in [0.1, 0.15) is 0 Å². The summed E-state index contributed by atoms with van der Waals surface area (Å²) in [4.78, 5) is 44.7. The minimum Gasteiger partial charge on any atom is -0.281 e. The summed E-state index contributed by atoms with van der Waals surface area (Å²) >= 11 is -1.52. The summed E-state index contributed by atoms with van der Waals surface area (Å²) < 4.78 is 42.4. The fourth-order valence-corrected chi connectivity index (χ4v) is 5.97. The fourth-order valence-electron chi connectivity index (χ4n) is 2.96. The van der Waals surface area contributed by atoms with Crippen LogP contribution in [0.25, 0.3) is 9.69 Å². The van der Waals surface area contributed by atoms with Crippen LogP contribution in [0.4, 0.5) is 35.9 Å². The van der Waals surface area contributed by atoms with Crippen molar-refractivity contribution in [2.24, 2.45) is 0 Å². The van der Waals surface area contributed by atoms with E-state index in [0.29, 0.717) is 16.4 Å². The minimum absolute atomic E-state index is 0. The number of hydroxylamine groups is 2. The molecule has 14 heteroatoms. The van der Waals surface area contributed by atoms with Crippen molar-refractivity contribution in [3.05, 3.63) is 105 Å². The van der Waals surface area contributed by atoms with Crippen LogP contribution in [0.3, 0.4) is 0 Å². The van der Waals surface area contributed by atoms with Crippen molar-refractivity contribution in [1.29, 1.82) is 0 Å². The van der Waals surface area contributed by atoms with E-state index < -0.39 is 38.4 Å². The molecule has 0 fully saturated rings. The number of anilines is 2. The van der Waals surface area contributed by atoms with Crippen LogP contribution in [-0.4, -0.2) is 34.3 Å². The van der Waals surface area contributed by atoms with Crippen LogP contribution < -0.4 is 10.1 Å². The van der Waals surface area contributed by atoms with E-state index in [1.54, 1.807) is 0 Å². The number of hydrogen-bond acceptors (Lipinski definition) is 6. The Morgan fingerprint density at radius 1 is 0.881 bits per heavy atom. The van der Waals surface area contributed by atoms with Crippen molar-refractivity contribution in [1.82, 2.24) is 0 Å². The van der Waals surface area contributed by atoms with E-state index in [4.69, 9.17) is 21.4 Å². The normalized spacial score (nSPS) is 11.8. The Morgan fingerprint density at radius 2 is 1.36 bits per heavy atom. The Bertz CT molecular complexity index is 1470. The van der Waals surface area contributed by atoms with Gasteiger partial charge < -0.3 is 0 Å². The number of nitrogens with zero attached hydrogens (tertiary/aromatic N) is 4. The summed E-state index contributed by atoms with van der Waals surface area (Å²) in [5, 5.41) is 9.82. The van der Waals surface area contributed by atoms with Crippen LogP contribution >= 0.6 is 20.2 Å². The molecule has 0 spiro atoms. The number of alkyl halides is 4. The zero-order valence-corrected chi connectivity index (χ0v) is 23.9. The molecule has 4 rings (SSSR count). The van der Waals surface area contributed by atoms with Gasteiger partial charge in [0, 0.05) is 13.8 Å². The molecular formula is C28H26F3IN4O6. The summed E-state index contributed by atoms with van der Waals surface area (Å²) in [6, 6.07) is 18.7. The van der Waals surface area contributed by atoms with Gasteiger partial charge in [-0.2, -0.15) is 15.0 Å². The second kappa shape index (κ2) is 16.1. The first-order chi connectivity index (χ1) is 19.3. The topological polar surface area (TPSA) is 105 Å². The molecule has 0 radical (unpaired) electrons. The maximum absolute atomic E-state index is 12.0. The van der Waals surface area contributed by atoms with Crippen LogP contribution in [0.2, 0.25) is 0 Å². The van der Waals surface area contributed by atoms with Gasteiger partial charge in [0.2, 0.25) is 11.8 Å². The van der Waals surface area contributed by atoms with E-state index in [-0.39, 0.29) is 29.8 Å². The molecule has 0 aromatic heterocycles. The second-order valence-electron chi connectivity index (χ2n) is 7.70. The average Bonchev–Trinajstić information content (AvgIpc) is 3.24. The van der Waals surface area contributed by atoms with Crippen molar-refractivity contribution in [2.75, 3.05) is 15.1 Å². The molecule has 0 saturated heterocycles. The summed E-state index contributed by atoms with van der Waals surface area (Å²) in [6.07, 6.45) is -4.95. The molecule has 3 aromatic carbocycles. The Balaban J connectivity index is 0.000000318. The quantitative estimate of drug-likeness (QED) is 0.0988. The zero-order valence-electron chi connectivity index (χ0n) is 21.7. The van der Waals surface area contributed by atoms with E-state index in [1.165, 1.54) is 55.5 Å². The number of fused-ring (bicyclic) bond motifs is 1. The number of amides is 2. The first kappa shape index (κ1) is 35.5. The van der Waals surface area contributed by atoms with Gasteiger partial charge in [0.25, 0.3) is 0 Å². The van der Waals surface area contributed by atoms with Crippen molar-refractivity contribution >= 4 is 60.8 Å². The molecule has 0 bridgehead atoms. The molecule has 1 aliphatic rings. The van der Waals surface area contributed by atoms with Crippen LogP contribution in [0, 0.1) is 16.7 Å². The van der Waals surface area contributed by atoms with Crippen molar-refractivity contribution in [3.63, 3.8) is 0 Å². The van der Waals surface area contributed by atoms with Crippen LogP contribution in [0.1, 0.15) is 31.6 Å². The van der Waals surface area contributed by atoms with Crippen LogP contribution in [0.5, 0.6) is 0 Å². The first-order valence-corrected chi connectivity index (χ1v) is 15.3. The number of hydrogen-bond donors (Lipinski definition) is 1.